The number of aryl methyl sites for hydroxylation is 2. The van der Waals surface area contributed by atoms with Crippen LogP contribution in [0.5, 0.6) is 5.75 Å². The Morgan fingerprint density at radius 2 is 1.83 bits per heavy atom. The Hall–Kier alpha value is -3.21. The van der Waals surface area contributed by atoms with Crippen molar-refractivity contribution in [3.63, 3.8) is 0 Å². The SMILES string of the molecule is CCc1c(C)nc2c(cc(C(=O)N3CCN(C(C)c4ccccc4)CC3)n2C)c1-c1cc(P)c2c(c1C)CCCO2. The summed E-state index contributed by atoms with van der Waals surface area (Å²) < 4.78 is 8.08. The molecule has 0 N–H and O–H groups in total. The molecule has 214 valence electrons. The zero-order valence-corrected chi connectivity index (χ0v) is 26.1. The van der Waals surface area contributed by atoms with Crippen LogP contribution in [-0.4, -0.2) is 58.0 Å². The van der Waals surface area contributed by atoms with E-state index in [2.05, 4.69) is 84.3 Å². The standard InChI is InChI=1S/C34H41N4O2P/c1-6-25-22(3)35-33-28(31(25)27-20-30(41)32-26(21(27)2)13-10-18-40-32)19-29(36(33)5)34(39)38-16-14-37(15-17-38)23(4)24-11-8-7-9-12-24/h7-9,11-12,19-20,23H,6,10,13-18,41H2,1-5H3. The summed E-state index contributed by atoms with van der Waals surface area (Å²) in [5, 5.41) is 2.15. The first-order chi connectivity index (χ1) is 19.8. The Morgan fingerprint density at radius 3 is 2.54 bits per heavy atom. The van der Waals surface area contributed by atoms with Crippen LogP contribution in [0.25, 0.3) is 22.2 Å². The average molecular weight is 569 g/mol. The predicted octanol–water partition coefficient (Wildman–Crippen LogP) is 5.76. The average Bonchev–Trinajstić information content (AvgIpc) is 3.33. The minimum Gasteiger partial charge on any atom is -0.493 e. The summed E-state index contributed by atoms with van der Waals surface area (Å²) in [7, 11) is 4.88. The molecule has 2 unspecified atom stereocenters. The Balaban J connectivity index is 1.36. The zero-order chi connectivity index (χ0) is 28.8. The number of hydrogen-bond donors (Lipinski definition) is 0. The van der Waals surface area contributed by atoms with Gasteiger partial charge in [0.1, 0.15) is 17.1 Å². The second-order valence-corrected chi connectivity index (χ2v) is 12.2. The van der Waals surface area contributed by atoms with Crippen LogP contribution in [0.1, 0.15) is 64.7 Å². The fourth-order valence-corrected chi connectivity index (χ4v) is 7.26. The van der Waals surface area contributed by atoms with Crippen molar-refractivity contribution >= 4 is 31.5 Å². The van der Waals surface area contributed by atoms with Crippen molar-refractivity contribution in [3.8, 4) is 16.9 Å². The summed E-state index contributed by atoms with van der Waals surface area (Å²) in [6.45, 7) is 12.7. The second kappa shape index (κ2) is 11.2. The van der Waals surface area contributed by atoms with Crippen LogP contribution >= 0.6 is 9.24 Å². The molecular weight excluding hydrogens is 527 g/mol. The van der Waals surface area contributed by atoms with Crippen LogP contribution in [0.2, 0.25) is 0 Å². The van der Waals surface area contributed by atoms with Gasteiger partial charge in [-0.2, -0.15) is 0 Å². The molecule has 4 heterocycles. The minimum absolute atomic E-state index is 0.0847. The van der Waals surface area contributed by atoms with E-state index in [0.29, 0.717) is 11.7 Å². The maximum atomic E-state index is 14.0. The number of amides is 1. The highest BCUT2D eigenvalue weighted by molar-refractivity contribution is 7.27. The van der Waals surface area contributed by atoms with Crippen LogP contribution < -0.4 is 10.0 Å². The molecule has 6 rings (SSSR count). The van der Waals surface area contributed by atoms with Crippen molar-refractivity contribution in [3.05, 3.63) is 76.1 Å². The van der Waals surface area contributed by atoms with Gasteiger partial charge in [-0.25, -0.2) is 4.98 Å². The van der Waals surface area contributed by atoms with Gasteiger partial charge in [0.25, 0.3) is 5.91 Å². The normalized spacial score (nSPS) is 16.5. The predicted molar refractivity (Wildman–Crippen MR) is 170 cm³/mol. The van der Waals surface area contributed by atoms with Gasteiger partial charge in [0.05, 0.1) is 6.61 Å². The lowest BCUT2D eigenvalue weighted by Gasteiger charge is -2.38. The molecule has 1 amide bonds. The number of fused-ring (bicyclic) bond motifs is 2. The van der Waals surface area contributed by atoms with Crippen LogP contribution in [0, 0.1) is 13.8 Å². The van der Waals surface area contributed by atoms with Gasteiger partial charge in [0, 0.05) is 55.7 Å². The van der Waals surface area contributed by atoms with Crippen molar-refractivity contribution in [1.82, 2.24) is 19.4 Å². The van der Waals surface area contributed by atoms with Crippen LogP contribution in [-0.2, 0) is 19.9 Å². The number of carbonyl (C=O) groups excluding carboxylic acids is 1. The number of nitrogens with zero attached hydrogens (tertiary/aromatic N) is 4. The van der Waals surface area contributed by atoms with Crippen molar-refractivity contribution < 1.29 is 9.53 Å². The third kappa shape index (κ3) is 4.85. The Morgan fingerprint density at radius 1 is 1.10 bits per heavy atom. The summed E-state index contributed by atoms with van der Waals surface area (Å²) in [5.74, 6) is 1.11. The molecule has 0 bridgehead atoms. The molecule has 7 heteroatoms. The van der Waals surface area contributed by atoms with E-state index in [1.807, 2.05) is 16.5 Å². The van der Waals surface area contributed by atoms with Gasteiger partial charge in [0.15, 0.2) is 0 Å². The molecule has 2 aromatic carbocycles. The maximum absolute atomic E-state index is 14.0. The van der Waals surface area contributed by atoms with E-state index in [9.17, 15) is 4.79 Å². The molecular formula is C34H41N4O2P. The van der Waals surface area contributed by atoms with E-state index >= 15 is 0 Å². The van der Waals surface area contributed by atoms with E-state index < -0.39 is 0 Å². The number of benzene rings is 2. The number of piperazine rings is 1. The van der Waals surface area contributed by atoms with Gasteiger partial charge in [0.2, 0.25) is 0 Å². The molecule has 2 aromatic heterocycles. The number of pyridine rings is 1. The molecule has 0 saturated carbocycles. The second-order valence-electron chi connectivity index (χ2n) is 11.5. The van der Waals surface area contributed by atoms with Gasteiger partial charge in [-0.05, 0) is 85.5 Å². The molecule has 4 aromatic rings. The summed E-state index contributed by atoms with van der Waals surface area (Å²) in [5.41, 5.74) is 10.2. The third-order valence-electron chi connectivity index (χ3n) is 9.27. The molecule has 2 aliphatic heterocycles. The van der Waals surface area contributed by atoms with Crippen molar-refractivity contribution in [2.75, 3.05) is 32.8 Å². The van der Waals surface area contributed by atoms with E-state index in [-0.39, 0.29) is 5.91 Å². The number of aromatic nitrogens is 2. The van der Waals surface area contributed by atoms with E-state index in [0.717, 1.165) is 79.8 Å². The van der Waals surface area contributed by atoms with Crippen molar-refractivity contribution in [2.45, 2.75) is 53.0 Å². The van der Waals surface area contributed by atoms with E-state index in [1.54, 1.807) is 0 Å². The van der Waals surface area contributed by atoms with Crippen LogP contribution in [0.15, 0.2) is 42.5 Å². The highest BCUT2D eigenvalue weighted by atomic mass is 31.0. The lowest BCUT2D eigenvalue weighted by molar-refractivity contribution is 0.0573. The van der Waals surface area contributed by atoms with Gasteiger partial charge < -0.3 is 14.2 Å². The number of rotatable bonds is 5. The molecule has 6 nitrogen and oxygen atoms in total. The Labute approximate surface area is 245 Å². The summed E-state index contributed by atoms with van der Waals surface area (Å²) >= 11 is 0. The molecule has 0 radical (unpaired) electrons. The Bertz CT molecular complexity index is 1620. The van der Waals surface area contributed by atoms with Crippen LogP contribution in [0.3, 0.4) is 0 Å². The smallest absolute Gasteiger partial charge is 0.270 e. The first-order valence-electron chi connectivity index (χ1n) is 14.9. The van der Waals surface area contributed by atoms with Gasteiger partial charge in [-0.15, -0.1) is 9.24 Å². The largest absolute Gasteiger partial charge is 0.493 e. The number of ether oxygens (including phenoxy) is 1. The lowest BCUT2D eigenvalue weighted by atomic mass is 9.88. The molecule has 41 heavy (non-hydrogen) atoms. The molecule has 1 saturated heterocycles. The molecule has 2 atom stereocenters. The first kappa shape index (κ1) is 27.9. The third-order valence-corrected chi connectivity index (χ3v) is 9.69. The monoisotopic (exact) mass is 568 g/mol. The molecule has 2 aliphatic rings. The molecule has 1 fully saturated rings. The summed E-state index contributed by atoms with van der Waals surface area (Å²) in [4.78, 5) is 23.5. The summed E-state index contributed by atoms with van der Waals surface area (Å²) in [6, 6.07) is 15.3. The highest BCUT2D eigenvalue weighted by Gasteiger charge is 2.29. The summed E-state index contributed by atoms with van der Waals surface area (Å²) in [6.07, 6.45) is 2.94. The van der Waals surface area contributed by atoms with E-state index in [1.165, 1.54) is 33.4 Å². The van der Waals surface area contributed by atoms with E-state index in [4.69, 9.17) is 9.72 Å². The highest BCUT2D eigenvalue weighted by Crippen LogP contribution is 2.40. The maximum Gasteiger partial charge on any atom is 0.270 e. The molecule has 0 spiro atoms. The van der Waals surface area contributed by atoms with Crippen molar-refractivity contribution in [2.24, 2.45) is 7.05 Å². The van der Waals surface area contributed by atoms with Gasteiger partial charge >= 0.3 is 0 Å². The minimum atomic E-state index is 0.0847. The first-order valence-corrected chi connectivity index (χ1v) is 15.5. The molecule has 0 aliphatic carbocycles. The quantitative estimate of drug-likeness (QED) is 0.287. The topological polar surface area (TPSA) is 50.6 Å². The zero-order valence-electron chi connectivity index (χ0n) is 25.0. The lowest BCUT2D eigenvalue weighted by Crippen LogP contribution is -2.49. The fourth-order valence-electron chi connectivity index (χ4n) is 6.83. The number of hydrogen-bond acceptors (Lipinski definition) is 4. The van der Waals surface area contributed by atoms with Gasteiger partial charge in [-0.3, -0.25) is 9.69 Å². The van der Waals surface area contributed by atoms with Crippen LogP contribution in [0.4, 0.5) is 0 Å². The van der Waals surface area contributed by atoms with Crippen molar-refractivity contribution in [1.29, 1.82) is 0 Å². The van der Waals surface area contributed by atoms with Gasteiger partial charge in [-0.1, -0.05) is 37.3 Å². The fraction of sp³-hybridized carbons (Fsp3) is 0.412. The number of carbonyl (C=O) groups is 1. The Kier molecular flexibility index (Phi) is 7.65.